The molecule has 0 unspecified atom stereocenters. The van der Waals surface area contributed by atoms with Gasteiger partial charge in [0.05, 0.1) is 0 Å². The molecule has 2 aromatic carbocycles. The summed E-state index contributed by atoms with van der Waals surface area (Å²) in [5.41, 5.74) is 1.19. The van der Waals surface area contributed by atoms with Crippen LogP contribution in [0.25, 0.3) is 0 Å². The second kappa shape index (κ2) is 5.46. The molecule has 0 aromatic heterocycles. The largest absolute Gasteiger partial charge is 0.457 e. The first-order valence-corrected chi connectivity index (χ1v) is 5.45. The van der Waals surface area contributed by atoms with Crippen molar-refractivity contribution in [2.45, 2.75) is 6.54 Å². The third-order valence-electron chi connectivity index (χ3n) is 2.35. The molecule has 2 aromatic rings. The Bertz CT molecular complexity index is 465. The first-order valence-electron chi connectivity index (χ1n) is 5.45. The second-order valence-electron chi connectivity index (χ2n) is 3.73. The van der Waals surface area contributed by atoms with Gasteiger partial charge in [-0.25, -0.2) is 4.39 Å². The maximum absolute atomic E-state index is 12.7. The highest BCUT2D eigenvalue weighted by atomic mass is 19.1. The Morgan fingerprint density at radius 1 is 0.941 bits per heavy atom. The molecular formula is C14H14FNO. The Morgan fingerprint density at radius 3 is 2.00 bits per heavy atom. The first-order chi connectivity index (χ1) is 8.28. The van der Waals surface area contributed by atoms with E-state index in [2.05, 4.69) is 5.32 Å². The minimum Gasteiger partial charge on any atom is -0.457 e. The van der Waals surface area contributed by atoms with Crippen LogP contribution in [0.4, 0.5) is 4.39 Å². The van der Waals surface area contributed by atoms with Crippen LogP contribution in [0, 0.1) is 5.82 Å². The van der Waals surface area contributed by atoms with Gasteiger partial charge >= 0.3 is 0 Å². The quantitative estimate of drug-likeness (QED) is 0.871. The van der Waals surface area contributed by atoms with Gasteiger partial charge in [-0.1, -0.05) is 12.1 Å². The van der Waals surface area contributed by atoms with Crippen molar-refractivity contribution >= 4 is 0 Å². The standard InChI is InChI=1S/C14H14FNO/c1-16-10-11-2-6-13(7-3-11)17-14-8-4-12(15)5-9-14/h2-9,16H,10H2,1H3. The lowest BCUT2D eigenvalue weighted by atomic mass is 10.2. The van der Waals surface area contributed by atoms with Gasteiger partial charge in [0.25, 0.3) is 0 Å². The molecule has 2 rings (SSSR count). The van der Waals surface area contributed by atoms with Crippen LogP contribution in [0.15, 0.2) is 48.5 Å². The molecule has 2 nitrogen and oxygen atoms in total. The van der Waals surface area contributed by atoms with Gasteiger partial charge in [0.15, 0.2) is 0 Å². The Morgan fingerprint density at radius 2 is 1.47 bits per heavy atom. The lowest BCUT2D eigenvalue weighted by molar-refractivity contribution is 0.480. The van der Waals surface area contributed by atoms with E-state index in [4.69, 9.17) is 4.74 Å². The predicted octanol–water partition coefficient (Wildman–Crippen LogP) is 3.34. The highest BCUT2D eigenvalue weighted by molar-refractivity contribution is 5.33. The first kappa shape index (κ1) is 11.6. The van der Waals surface area contributed by atoms with Crippen LogP contribution >= 0.6 is 0 Å². The molecule has 0 heterocycles. The molecular weight excluding hydrogens is 217 g/mol. The van der Waals surface area contributed by atoms with E-state index in [1.165, 1.54) is 17.7 Å². The van der Waals surface area contributed by atoms with E-state index in [-0.39, 0.29) is 5.82 Å². The normalized spacial score (nSPS) is 10.2. The molecule has 0 amide bonds. The van der Waals surface area contributed by atoms with E-state index in [1.807, 2.05) is 31.3 Å². The molecule has 0 atom stereocenters. The number of nitrogens with one attached hydrogen (secondary N) is 1. The zero-order valence-electron chi connectivity index (χ0n) is 9.61. The van der Waals surface area contributed by atoms with Crippen LogP contribution < -0.4 is 10.1 Å². The third kappa shape index (κ3) is 3.29. The van der Waals surface area contributed by atoms with E-state index in [0.29, 0.717) is 5.75 Å². The van der Waals surface area contributed by atoms with Gasteiger partial charge < -0.3 is 10.1 Å². The number of hydrogen-bond donors (Lipinski definition) is 1. The molecule has 0 saturated carbocycles. The Hall–Kier alpha value is -1.87. The van der Waals surface area contributed by atoms with E-state index in [1.54, 1.807) is 12.1 Å². The van der Waals surface area contributed by atoms with Crippen LogP contribution in [-0.2, 0) is 6.54 Å². The summed E-state index contributed by atoms with van der Waals surface area (Å²) in [7, 11) is 1.91. The second-order valence-corrected chi connectivity index (χ2v) is 3.73. The van der Waals surface area contributed by atoms with E-state index in [0.717, 1.165) is 12.3 Å². The molecule has 0 aliphatic rings. The molecule has 0 bridgehead atoms. The van der Waals surface area contributed by atoms with Crippen molar-refractivity contribution in [1.82, 2.24) is 5.32 Å². The lowest BCUT2D eigenvalue weighted by Crippen LogP contribution is -2.04. The minimum atomic E-state index is -0.262. The summed E-state index contributed by atoms with van der Waals surface area (Å²) in [6, 6.07) is 13.8. The van der Waals surface area contributed by atoms with E-state index >= 15 is 0 Å². The zero-order valence-corrected chi connectivity index (χ0v) is 9.61. The van der Waals surface area contributed by atoms with Crippen molar-refractivity contribution in [3.63, 3.8) is 0 Å². The molecule has 88 valence electrons. The molecule has 1 N–H and O–H groups in total. The third-order valence-corrected chi connectivity index (χ3v) is 2.35. The molecule has 0 saturated heterocycles. The molecule has 0 radical (unpaired) electrons. The topological polar surface area (TPSA) is 21.3 Å². The fourth-order valence-electron chi connectivity index (χ4n) is 1.52. The number of hydrogen-bond acceptors (Lipinski definition) is 2. The average Bonchev–Trinajstić information content (AvgIpc) is 2.35. The van der Waals surface area contributed by atoms with Crippen molar-refractivity contribution in [3.8, 4) is 11.5 Å². The molecule has 0 aliphatic heterocycles. The van der Waals surface area contributed by atoms with Crippen molar-refractivity contribution in [2.24, 2.45) is 0 Å². The van der Waals surface area contributed by atoms with Crippen molar-refractivity contribution in [2.75, 3.05) is 7.05 Å². The Labute approximate surface area is 100 Å². The van der Waals surface area contributed by atoms with Gasteiger partial charge in [-0.3, -0.25) is 0 Å². The van der Waals surface area contributed by atoms with Gasteiger partial charge in [0, 0.05) is 6.54 Å². The molecule has 3 heteroatoms. The van der Waals surface area contributed by atoms with Crippen LogP contribution in [0.5, 0.6) is 11.5 Å². The maximum Gasteiger partial charge on any atom is 0.127 e. The molecule has 0 fully saturated rings. The van der Waals surface area contributed by atoms with Gasteiger partial charge in [-0.05, 0) is 49.0 Å². The van der Waals surface area contributed by atoms with E-state index in [9.17, 15) is 4.39 Å². The summed E-state index contributed by atoms with van der Waals surface area (Å²) in [6.45, 7) is 0.830. The minimum absolute atomic E-state index is 0.262. The van der Waals surface area contributed by atoms with Crippen LogP contribution in [0.3, 0.4) is 0 Å². The van der Waals surface area contributed by atoms with Crippen molar-refractivity contribution < 1.29 is 9.13 Å². The summed E-state index contributed by atoms with van der Waals surface area (Å²) in [5, 5.41) is 3.08. The van der Waals surface area contributed by atoms with Crippen molar-refractivity contribution in [1.29, 1.82) is 0 Å². The maximum atomic E-state index is 12.7. The van der Waals surface area contributed by atoms with Crippen LogP contribution in [-0.4, -0.2) is 7.05 Å². The summed E-state index contributed by atoms with van der Waals surface area (Å²) < 4.78 is 18.3. The number of halogens is 1. The number of ether oxygens (including phenoxy) is 1. The van der Waals surface area contributed by atoms with Gasteiger partial charge in [0.2, 0.25) is 0 Å². The zero-order chi connectivity index (χ0) is 12.1. The van der Waals surface area contributed by atoms with Gasteiger partial charge in [-0.15, -0.1) is 0 Å². The fraction of sp³-hybridized carbons (Fsp3) is 0.143. The average molecular weight is 231 g/mol. The van der Waals surface area contributed by atoms with Gasteiger partial charge in [0.1, 0.15) is 17.3 Å². The van der Waals surface area contributed by atoms with Crippen molar-refractivity contribution in [3.05, 3.63) is 59.9 Å². The highest BCUT2D eigenvalue weighted by Crippen LogP contribution is 2.21. The fourth-order valence-corrected chi connectivity index (χ4v) is 1.52. The number of benzene rings is 2. The molecule has 17 heavy (non-hydrogen) atoms. The summed E-state index contributed by atoms with van der Waals surface area (Å²) in [4.78, 5) is 0. The van der Waals surface area contributed by atoms with E-state index < -0.39 is 0 Å². The highest BCUT2D eigenvalue weighted by Gasteiger charge is 1.98. The number of rotatable bonds is 4. The molecule has 0 aliphatic carbocycles. The monoisotopic (exact) mass is 231 g/mol. The van der Waals surface area contributed by atoms with Crippen LogP contribution in [0.2, 0.25) is 0 Å². The summed E-state index contributed by atoms with van der Waals surface area (Å²) in [5.74, 6) is 1.12. The Balaban J connectivity index is 2.05. The molecule has 0 spiro atoms. The predicted molar refractivity (Wildman–Crippen MR) is 65.7 cm³/mol. The summed E-state index contributed by atoms with van der Waals surface area (Å²) in [6.07, 6.45) is 0. The Kier molecular flexibility index (Phi) is 3.73. The van der Waals surface area contributed by atoms with Crippen LogP contribution in [0.1, 0.15) is 5.56 Å². The van der Waals surface area contributed by atoms with Gasteiger partial charge in [-0.2, -0.15) is 0 Å². The summed E-state index contributed by atoms with van der Waals surface area (Å²) >= 11 is 0. The SMILES string of the molecule is CNCc1ccc(Oc2ccc(F)cc2)cc1. The lowest BCUT2D eigenvalue weighted by Gasteiger charge is -2.06. The smallest absolute Gasteiger partial charge is 0.127 e.